The molecule has 0 radical (unpaired) electrons. The maximum absolute atomic E-state index is 12.8. The van der Waals surface area contributed by atoms with Gasteiger partial charge in [-0.25, -0.2) is 9.97 Å². The molecule has 0 aliphatic carbocycles. The number of likely N-dealkylation sites (tertiary alicyclic amines) is 1. The lowest BCUT2D eigenvalue weighted by Gasteiger charge is -2.32. The molecule has 4 rings (SSSR count). The van der Waals surface area contributed by atoms with E-state index in [1.807, 2.05) is 17.9 Å². The van der Waals surface area contributed by atoms with E-state index in [0.29, 0.717) is 30.2 Å². The molecule has 1 N–H and O–H groups in total. The minimum Gasteiger partial charge on any atom is -0.339 e. The molecule has 142 valence electrons. The Morgan fingerprint density at radius 3 is 2.71 bits per heavy atom. The Hall–Kier alpha value is -3.42. The molecule has 1 saturated heterocycles. The zero-order chi connectivity index (χ0) is 19.5. The van der Waals surface area contributed by atoms with Crippen LogP contribution >= 0.6 is 0 Å². The monoisotopic (exact) mass is 376 g/mol. The minimum atomic E-state index is -0.213. The van der Waals surface area contributed by atoms with Crippen molar-refractivity contribution in [3.8, 4) is 11.5 Å². The number of pyridine rings is 1. The van der Waals surface area contributed by atoms with Crippen LogP contribution in [0, 0.1) is 6.92 Å². The van der Waals surface area contributed by atoms with Crippen molar-refractivity contribution in [2.75, 3.05) is 13.1 Å². The molecule has 8 heteroatoms. The quantitative estimate of drug-likeness (QED) is 0.749. The number of aromatic nitrogens is 5. The molecule has 0 unspecified atom stereocenters. The van der Waals surface area contributed by atoms with E-state index in [1.165, 1.54) is 6.07 Å². The fourth-order valence-corrected chi connectivity index (χ4v) is 3.49. The van der Waals surface area contributed by atoms with Crippen LogP contribution in [0.3, 0.4) is 0 Å². The Kier molecular flexibility index (Phi) is 4.92. The van der Waals surface area contributed by atoms with Crippen LogP contribution < -0.4 is 5.56 Å². The van der Waals surface area contributed by atoms with E-state index in [4.69, 9.17) is 0 Å². The second-order valence-electron chi connectivity index (χ2n) is 6.81. The minimum absolute atomic E-state index is 0.00293. The zero-order valence-corrected chi connectivity index (χ0v) is 15.5. The molecule has 4 heterocycles. The molecule has 0 spiro atoms. The summed E-state index contributed by atoms with van der Waals surface area (Å²) in [5.41, 5.74) is 2.42. The summed E-state index contributed by atoms with van der Waals surface area (Å²) in [6.45, 7) is 3.08. The van der Waals surface area contributed by atoms with E-state index < -0.39 is 0 Å². The van der Waals surface area contributed by atoms with E-state index in [2.05, 4.69) is 24.9 Å². The van der Waals surface area contributed by atoms with Crippen LogP contribution in [0.4, 0.5) is 0 Å². The summed E-state index contributed by atoms with van der Waals surface area (Å²) in [5.74, 6) is 0.542. The zero-order valence-electron chi connectivity index (χ0n) is 15.5. The van der Waals surface area contributed by atoms with Crippen LogP contribution in [-0.2, 0) is 0 Å². The molecule has 0 aromatic carbocycles. The highest BCUT2D eigenvalue weighted by atomic mass is 16.2. The Labute approximate surface area is 161 Å². The number of piperidine rings is 1. The van der Waals surface area contributed by atoms with Crippen LogP contribution in [0.25, 0.3) is 11.5 Å². The Bertz CT molecular complexity index is 1040. The van der Waals surface area contributed by atoms with Crippen LogP contribution in [0.15, 0.2) is 47.8 Å². The number of carbonyl (C=O) groups is 1. The maximum atomic E-state index is 12.8. The van der Waals surface area contributed by atoms with Crippen molar-refractivity contribution in [3.63, 3.8) is 0 Å². The number of nitrogens with one attached hydrogen (secondary N) is 1. The SMILES string of the molecule is Cc1ncccc1C(=O)N1CCC(c2cc(=O)[nH]c(-c3cnccn3)n2)CC1. The van der Waals surface area contributed by atoms with E-state index in [-0.39, 0.29) is 17.4 Å². The van der Waals surface area contributed by atoms with Gasteiger partial charge in [-0.2, -0.15) is 0 Å². The van der Waals surface area contributed by atoms with Crippen molar-refractivity contribution >= 4 is 5.91 Å². The highest BCUT2D eigenvalue weighted by Crippen LogP contribution is 2.27. The number of amides is 1. The van der Waals surface area contributed by atoms with Gasteiger partial charge in [0.05, 0.1) is 17.5 Å². The molecular weight excluding hydrogens is 356 g/mol. The van der Waals surface area contributed by atoms with Gasteiger partial charge in [0.2, 0.25) is 0 Å². The first-order valence-electron chi connectivity index (χ1n) is 9.20. The van der Waals surface area contributed by atoms with Gasteiger partial charge in [0.1, 0.15) is 5.69 Å². The number of aryl methyl sites for hydroxylation is 1. The van der Waals surface area contributed by atoms with Crippen molar-refractivity contribution in [1.29, 1.82) is 0 Å². The van der Waals surface area contributed by atoms with Gasteiger partial charge in [0.15, 0.2) is 5.82 Å². The number of rotatable bonds is 3. The average Bonchev–Trinajstić information content (AvgIpc) is 2.74. The predicted octanol–water partition coefficient (Wildman–Crippen LogP) is 1.95. The van der Waals surface area contributed by atoms with Gasteiger partial charge in [0.25, 0.3) is 11.5 Å². The first-order chi connectivity index (χ1) is 13.6. The lowest BCUT2D eigenvalue weighted by Crippen LogP contribution is -2.38. The molecule has 1 fully saturated rings. The summed E-state index contributed by atoms with van der Waals surface area (Å²) in [7, 11) is 0. The summed E-state index contributed by atoms with van der Waals surface area (Å²) in [5, 5.41) is 0. The topological polar surface area (TPSA) is 105 Å². The fraction of sp³-hybridized carbons (Fsp3) is 0.300. The second kappa shape index (κ2) is 7.67. The summed E-state index contributed by atoms with van der Waals surface area (Å²) in [6, 6.07) is 5.12. The summed E-state index contributed by atoms with van der Waals surface area (Å²) in [6.07, 6.45) is 7.89. The van der Waals surface area contributed by atoms with E-state index in [0.717, 1.165) is 24.2 Å². The van der Waals surface area contributed by atoms with Crippen molar-refractivity contribution < 1.29 is 4.79 Å². The highest BCUT2D eigenvalue weighted by Gasteiger charge is 2.26. The number of H-pyrrole nitrogens is 1. The molecule has 3 aromatic heterocycles. The molecule has 3 aromatic rings. The number of hydrogen-bond acceptors (Lipinski definition) is 6. The average molecular weight is 376 g/mol. The standard InChI is InChI=1S/C20H20N6O2/c1-13-15(3-2-6-22-13)20(28)26-9-4-14(5-10-26)16-11-18(27)25-19(24-16)17-12-21-7-8-23-17/h2-3,6-8,11-12,14H,4-5,9-10H2,1H3,(H,24,25,27). The predicted molar refractivity (Wildman–Crippen MR) is 103 cm³/mol. The third kappa shape index (κ3) is 3.66. The van der Waals surface area contributed by atoms with E-state index in [1.54, 1.807) is 30.9 Å². The number of hydrogen-bond donors (Lipinski definition) is 1. The Balaban J connectivity index is 1.50. The van der Waals surface area contributed by atoms with E-state index in [9.17, 15) is 9.59 Å². The van der Waals surface area contributed by atoms with Gasteiger partial charge < -0.3 is 9.88 Å². The Morgan fingerprint density at radius 1 is 1.18 bits per heavy atom. The molecule has 1 amide bonds. The molecular formula is C20H20N6O2. The van der Waals surface area contributed by atoms with Gasteiger partial charge in [-0.1, -0.05) is 0 Å². The van der Waals surface area contributed by atoms with Gasteiger partial charge in [-0.05, 0) is 31.9 Å². The molecule has 0 saturated carbocycles. The molecule has 1 aliphatic heterocycles. The van der Waals surface area contributed by atoms with Gasteiger partial charge >= 0.3 is 0 Å². The van der Waals surface area contributed by atoms with Gasteiger partial charge in [-0.15, -0.1) is 0 Å². The first-order valence-corrected chi connectivity index (χ1v) is 9.20. The van der Waals surface area contributed by atoms with Crippen LogP contribution in [0.1, 0.15) is 40.5 Å². The first kappa shape index (κ1) is 18.0. The molecule has 0 atom stereocenters. The van der Waals surface area contributed by atoms with Crippen LogP contribution in [-0.4, -0.2) is 48.8 Å². The largest absolute Gasteiger partial charge is 0.339 e. The van der Waals surface area contributed by atoms with Crippen LogP contribution in [0.5, 0.6) is 0 Å². The summed E-state index contributed by atoms with van der Waals surface area (Å²) >= 11 is 0. The van der Waals surface area contributed by atoms with Crippen molar-refractivity contribution in [1.82, 2.24) is 29.8 Å². The third-order valence-corrected chi connectivity index (χ3v) is 5.01. The normalized spacial score (nSPS) is 14.8. The van der Waals surface area contributed by atoms with Crippen LogP contribution in [0.2, 0.25) is 0 Å². The van der Waals surface area contributed by atoms with Crippen molar-refractivity contribution in [3.05, 3.63) is 70.3 Å². The Morgan fingerprint density at radius 2 is 2.00 bits per heavy atom. The van der Waals surface area contributed by atoms with Gasteiger partial charge in [-0.3, -0.25) is 19.6 Å². The second-order valence-corrected chi connectivity index (χ2v) is 6.81. The fourth-order valence-electron chi connectivity index (χ4n) is 3.49. The summed E-state index contributed by atoms with van der Waals surface area (Å²) < 4.78 is 0. The molecule has 8 nitrogen and oxygen atoms in total. The maximum Gasteiger partial charge on any atom is 0.255 e. The molecule has 1 aliphatic rings. The lowest BCUT2D eigenvalue weighted by atomic mass is 9.92. The number of aromatic amines is 1. The smallest absolute Gasteiger partial charge is 0.255 e. The van der Waals surface area contributed by atoms with E-state index >= 15 is 0 Å². The number of carbonyl (C=O) groups excluding carboxylic acids is 1. The number of nitrogens with zero attached hydrogens (tertiary/aromatic N) is 5. The molecule has 28 heavy (non-hydrogen) atoms. The van der Waals surface area contributed by atoms with Crippen molar-refractivity contribution in [2.45, 2.75) is 25.7 Å². The van der Waals surface area contributed by atoms with Gasteiger partial charge in [0, 0.05) is 49.4 Å². The van der Waals surface area contributed by atoms with Crippen molar-refractivity contribution in [2.24, 2.45) is 0 Å². The lowest BCUT2D eigenvalue weighted by molar-refractivity contribution is 0.0711. The molecule has 0 bridgehead atoms. The highest BCUT2D eigenvalue weighted by molar-refractivity contribution is 5.95. The summed E-state index contributed by atoms with van der Waals surface area (Å²) in [4.78, 5) is 46.4. The third-order valence-electron chi connectivity index (χ3n) is 5.01.